The fourth-order valence-electron chi connectivity index (χ4n) is 2.07. The largest absolute Gasteiger partial charge is 0.417 e. The van der Waals surface area contributed by atoms with Gasteiger partial charge in [-0.05, 0) is 24.6 Å². The predicted octanol–water partition coefficient (Wildman–Crippen LogP) is 4.60. The highest BCUT2D eigenvalue weighted by Crippen LogP contribution is 2.35. The summed E-state index contributed by atoms with van der Waals surface area (Å²) >= 11 is 1.37. The third kappa shape index (κ3) is 2.94. The molecule has 0 fully saturated rings. The molecule has 0 saturated carbocycles. The molecule has 114 valence electrons. The van der Waals surface area contributed by atoms with Crippen LogP contribution in [0, 0.1) is 0 Å². The second-order valence-electron chi connectivity index (χ2n) is 4.80. The highest BCUT2D eigenvalue weighted by atomic mass is 32.2. The van der Waals surface area contributed by atoms with Gasteiger partial charge in [-0.3, -0.25) is 4.40 Å². The maximum atomic E-state index is 12.8. The first-order valence-electron chi connectivity index (χ1n) is 6.59. The zero-order chi connectivity index (χ0) is 15.7. The third-order valence-corrected chi connectivity index (χ3v) is 4.36. The van der Waals surface area contributed by atoms with E-state index in [2.05, 4.69) is 10.2 Å². The summed E-state index contributed by atoms with van der Waals surface area (Å²) in [5.74, 6) is 0. The Balaban J connectivity index is 1.94. The maximum Gasteiger partial charge on any atom is 0.417 e. The van der Waals surface area contributed by atoms with Crippen LogP contribution in [-0.2, 0) is 6.18 Å². The summed E-state index contributed by atoms with van der Waals surface area (Å²) in [5.41, 5.74) is 0.765. The summed E-state index contributed by atoms with van der Waals surface area (Å²) in [5, 5.41) is 8.41. The van der Waals surface area contributed by atoms with Crippen LogP contribution in [0.5, 0.6) is 0 Å². The summed E-state index contributed by atoms with van der Waals surface area (Å²) in [4.78, 5) is 0. The molecular weight excluding hydrogens is 311 g/mol. The fraction of sp³-hybridized carbons (Fsp3) is 0.200. The minimum absolute atomic E-state index is 0.0585. The summed E-state index contributed by atoms with van der Waals surface area (Å²) in [7, 11) is 0. The molecule has 0 aliphatic rings. The number of thioether (sulfide) groups is 1. The number of pyridine rings is 1. The number of alkyl halides is 3. The molecule has 7 heteroatoms. The third-order valence-electron chi connectivity index (χ3n) is 3.25. The zero-order valence-electron chi connectivity index (χ0n) is 11.6. The topological polar surface area (TPSA) is 30.2 Å². The molecule has 2 heterocycles. The Hall–Kier alpha value is -2.02. The maximum absolute atomic E-state index is 12.8. The summed E-state index contributed by atoms with van der Waals surface area (Å²) in [6.45, 7) is 1.98. The van der Waals surface area contributed by atoms with E-state index in [1.165, 1.54) is 22.2 Å². The molecule has 0 N–H and O–H groups in total. The van der Waals surface area contributed by atoms with Crippen molar-refractivity contribution in [1.82, 2.24) is 14.6 Å². The lowest BCUT2D eigenvalue weighted by molar-refractivity contribution is -0.137. The predicted molar refractivity (Wildman–Crippen MR) is 78.7 cm³/mol. The van der Waals surface area contributed by atoms with Gasteiger partial charge in [-0.15, -0.1) is 10.2 Å². The Kier molecular flexibility index (Phi) is 3.82. The van der Waals surface area contributed by atoms with Crippen LogP contribution in [0.15, 0.2) is 53.8 Å². The van der Waals surface area contributed by atoms with Gasteiger partial charge in [-0.1, -0.05) is 42.1 Å². The lowest BCUT2D eigenvalue weighted by Crippen LogP contribution is -2.06. The smallest absolute Gasteiger partial charge is 0.277 e. The van der Waals surface area contributed by atoms with Crippen LogP contribution in [0.3, 0.4) is 0 Å². The van der Waals surface area contributed by atoms with Crippen molar-refractivity contribution in [3.8, 4) is 0 Å². The quantitative estimate of drug-likeness (QED) is 0.660. The van der Waals surface area contributed by atoms with Gasteiger partial charge in [0.15, 0.2) is 10.8 Å². The van der Waals surface area contributed by atoms with Crippen molar-refractivity contribution >= 4 is 17.4 Å². The number of rotatable bonds is 3. The van der Waals surface area contributed by atoms with Crippen LogP contribution in [0.4, 0.5) is 13.2 Å². The van der Waals surface area contributed by atoms with Crippen molar-refractivity contribution in [2.24, 2.45) is 0 Å². The van der Waals surface area contributed by atoms with Crippen LogP contribution in [0.1, 0.15) is 23.3 Å². The Morgan fingerprint density at radius 1 is 1.05 bits per heavy atom. The first kappa shape index (κ1) is 14.9. The van der Waals surface area contributed by atoms with E-state index in [0.717, 1.165) is 17.8 Å². The Morgan fingerprint density at radius 2 is 1.77 bits per heavy atom. The molecule has 0 amide bonds. The van der Waals surface area contributed by atoms with Crippen molar-refractivity contribution in [3.63, 3.8) is 0 Å². The van der Waals surface area contributed by atoms with Crippen LogP contribution < -0.4 is 0 Å². The van der Waals surface area contributed by atoms with Gasteiger partial charge in [0.25, 0.3) is 0 Å². The van der Waals surface area contributed by atoms with Gasteiger partial charge in [0, 0.05) is 11.4 Å². The number of nitrogens with zero attached hydrogens (tertiary/aromatic N) is 3. The van der Waals surface area contributed by atoms with E-state index < -0.39 is 11.7 Å². The lowest BCUT2D eigenvalue weighted by atomic mass is 10.2. The van der Waals surface area contributed by atoms with E-state index in [-0.39, 0.29) is 5.25 Å². The van der Waals surface area contributed by atoms with E-state index in [1.54, 1.807) is 0 Å². The molecule has 0 spiro atoms. The van der Waals surface area contributed by atoms with Gasteiger partial charge in [-0.25, -0.2) is 0 Å². The van der Waals surface area contributed by atoms with E-state index >= 15 is 0 Å². The second-order valence-corrected chi connectivity index (χ2v) is 6.11. The van der Waals surface area contributed by atoms with Crippen molar-refractivity contribution in [1.29, 1.82) is 0 Å². The van der Waals surface area contributed by atoms with Crippen LogP contribution in [-0.4, -0.2) is 14.6 Å². The lowest BCUT2D eigenvalue weighted by Gasteiger charge is -2.11. The SMILES string of the molecule is C[C@@H](Sc1nnc2ccc(C(F)(F)F)cn12)c1ccccc1. The molecular formula is C15H12F3N3S. The number of hydrogen-bond donors (Lipinski definition) is 0. The Bertz CT molecular complexity index is 784. The van der Waals surface area contributed by atoms with Gasteiger partial charge < -0.3 is 0 Å². The molecule has 22 heavy (non-hydrogen) atoms. The molecule has 0 aliphatic heterocycles. The molecule has 3 aromatic rings. The van der Waals surface area contributed by atoms with Crippen molar-refractivity contribution in [2.45, 2.75) is 23.5 Å². The van der Waals surface area contributed by atoms with Gasteiger partial charge in [0.1, 0.15) is 0 Å². The molecule has 0 bridgehead atoms. The van der Waals surface area contributed by atoms with Gasteiger partial charge in [0.2, 0.25) is 0 Å². The highest BCUT2D eigenvalue weighted by molar-refractivity contribution is 7.99. The number of benzene rings is 1. The average Bonchev–Trinajstić information content (AvgIpc) is 2.89. The molecule has 1 atom stereocenters. The van der Waals surface area contributed by atoms with Crippen molar-refractivity contribution < 1.29 is 13.2 Å². The number of fused-ring (bicyclic) bond motifs is 1. The average molecular weight is 323 g/mol. The van der Waals surface area contributed by atoms with Crippen molar-refractivity contribution in [3.05, 3.63) is 59.8 Å². The van der Waals surface area contributed by atoms with Gasteiger partial charge in [0.05, 0.1) is 5.56 Å². The van der Waals surface area contributed by atoms with Gasteiger partial charge >= 0.3 is 6.18 Å². The molecule has 3 nitrogen and oxygen atoms in total. The standard InChI is InChI=1S/C15H12F3N3S/c1-10(11-5-3-2-4-6-11)22-14-20-19-13-8-7-12(9-21(13)14)15(16,17)18/h2-10H,1H3/t10-/m1/s1. The first-order chi connectivity index (χ1) is 10.4. The normalized spacial score (nSPS) is 13.5. The zero-order valence-corrected chi connectivity index (χ0v) is 12.4. The second kappa shape index (κ2) is 5.64. The number of hydrogen-bond acceptors (Lipinski definition) is 3. The Morgan fingerprint density at radius 3 is 2.45 bits per heavy atom. The van der Waals surface area contributed by atoms with E-state index in [1.807, 2.05) is 37.3 Å². The monoisotopic (exact) mass is 323 g/mol. The van der Waals surface area contributed by atoms with E-state index in [4.69, 9.17) is 0 Å². The summed E-state index contributed by atoms with van der Waals surface area (Å²) in [6.07, 6.45) is -3.35. The van der Waals surface area contributed by atoms with Crippen molar-refractivity contribution in [2.75, 3.05) is 0 Å². The minimum atomic E-state index is -4.38. The summed E-state index contributed by atoms with van der Waals surface area (Å²) in [6, 6.07) is 12.1. The first-order valence-corrected chi connectivity index (χ1v) is 7.47. The fourth-order valence-corrected chi connectivity index (χ4v) is 3.03. The van der Waals surface area contributed by atoms with Crippen LogP contribution >= 0.6 is 11.8 Å². The minimum Gasteiger partial charge on any atom is -0.277 e. The summed E-state index contributed by atoms with van der Waals surface area (Å²) < 4.78 is 39.8. The Labute approximate surface area is 129 Å². The molecule has 3 rings (SSSR count). The number of aromatic nitrogens is 3. The van der Waals surface area contributed by atoms with Crippen LogP contribution in [0.25, 0.3) is 5.65 Å². The highest BCUT2D eigenvalue weighted by Gasteiger charge is 2.31. The molecule has 0 aliphatic carbocycles. The molecule has 0 saturated heterocycles. The van der Waals surface area contributed by atoms with Gasteiger partial charge in [-0.2, -0.15) is 13.2 Å². The molecule has 2 aromatic heterocycles. The van der Waals surface area contributed by atoms with E-state index in [0.29, 0.717) is 10.8 Å². The molecule has 0 radical (unpaired) electrons. The number of halogens is 3. The van der Waals surface area contributed by atoms with Crippen LogP contribution in [0.2, 0.25) is 0 Å². The molecule has 0 unspecified atom stereocenters. The molecule has 1 aromatic carbocycles. The van der Waals surface area contributed by atoms with E-state index in [9.17, 15) is 13.2 Å².